The van der Waals surface area contributed by atoms with Crippen LogP contribution >= 0.6 is 22.6 Å². The molecule has 21 heavy (non-hydrogen) atoms. The second kappa shape index (κ2) is 8.24. The van der Waals surface area contributed by atoms with E-state index in [1.807, 2.05) is 36.4 Å². The molecule has 0 aliphatic heterocycles. The number of ether oxygens (including phenoxy) is 3. The monoisotopic (exact) mass is 398 g/mol. The number of alkyl halides is 1. The second-order valence-corrected chi connectivity index (χ2v) is 5.46. The lowest BCUT2D eigenvalue weighted by Gasteiger charge is -2.16. The average molecular weight is 398 g/mol. The zero-order chi connectivity index (χ0) is 15.1. The molecule has 0 saturated heterocycles. The van der Waals surface area contributed by atoms with E-state index in [4.69, 9.17) is 14.2 Å². The van der Waals surface area contributed by atoms with E-state index in [2.05, 4.69) is 34.7 Å². The van der Waals surface area contributed by atoms with Crippen molar-refractivity contribution < 1.29 is 14.2 Å². The summed E-state index contributed by atoms with van der Waals surface area (Å²) >= 11 is 2.35. The van der Waals surface area contributed by atoms with Gasteiger partial charge in [0.2, 0.25) is 0 Å². The molecule has 0 bridgehead atoms. The quantitative estimate of drug-likeness (QED) is 0.511. The van der Waals surface area contributed by atoms with Crippen molar-refractivity contribution in [2.24, 2.45) is 0 Å². The molecule has 2 aromatic carbocycles. The van der Waals surface area contributed by atoms with Gasteiger partial charge in [-0.05, 0) is 35.4 Å². The van der Waals surface area contributed by atoms with Gasteiger partial charge < -0.3 is 14.2 Å². The smallest absolute Gasteiger partial charge is 0.118 e. The van der Waals surface area contributed by atoms with Gasteiger partial charge in [-0.15, -0.1) is 0 Å². The summed E-state index contributed by atoms with van der Waals surface area (Å²) < 4.78 is 17.3. The van der Waals surface area contributed by atoms with Crippen LogP contribution in [0.2, 0.25) is 0 Å². The summed E-state index contributed by atoms with van der Waals surface area (Å²) in [5, 5.41) is 0. The first-order chi connectivity index (χ1) is 10.3. The first-order valence-corrected chi connectivity index (χ1v) is 8.24. The van der Waals surface area contributed by atoms with Crippen LogP contribution in [0.4, 0.5) is 0 Å². The predicted octanol–water partition coefficient (Wildman–Crippen LogP) is 4.40. The minimum absolute atomic E-state index is 0.0820. The van der Waals surface area contributed by atoms with Crippen molar-refractivity contribution in [1.82, 2.24) is 0 Å². The minimum Gasteiger partial charge on any atom is -0.497 e. The average Bonchev–Trinajstić information content (AvgIpc) is 2.56. The van der Waals surface area contributed by atoms with Gasteiger partial charge in [-0.25, -0.2) is 0 Å². The lowest BCUT2D eigenvalue weighted by molar-refractivity contribution is 0.0577. The van der Waals surface area contributed by atoms with Crippen molar-refractivity contribution in [3.05, 3.63) is 59.7 Å². The maximum absolute atomic E-state index is 6.02. The van der Waals surface area contributed by atoms with Crippen molar-refractivity contribution in [2.75, 3.05) is 18.6 Å². The summed E-state index contributed by atoms with van der Waals surface area (Å²) in [5.41, 5.74) is 2.30. The Morgan fingerprint density at radius 3 is 1.86 bits per heavy atom. The van der Waals surface area contributed by atoms with Crippen LogP contribution in [-0.4, -0.2) is 18.6 Å². The van der Waals surface area contributed by atoms with E-state index >= 15 is 0 Å². The topological polar surface area (TPSA) is 27.7 Å². The van der Waals surface area contributed by atoms with Gasteiger partial charge in [0.1, 0.15) is 11.5 Å². The van der Waals surface area contributed by atoms with Gasteiger partial charge in [-0.1, -0.05) is 46.9 Å². The van der Waals surface area contributed by atoms with Crippen LogP contribution in [0.1, 0.15) is 17.2 Å². The van der Waals surface area contributed by atoms with Crippen molar-refractivity contribution >= 4 is 22.6 Å². The van der Waals surface area contributed by atoms with Crippen molar-refractivity contribution in [3.8, 4) is 11.5 Å². The summed E-state index contributed by atoms with van der Waals surface area (Å²) in [6.07, 6.45) is 0.0820. The van der Waals surface area contributed by atoms with Crippen molar-refractivity contribution in [1.29, 1.82) is 0 Å². The first-order valence-electron chi connectivity index (χ1n) is 6.71. The third kappa shape index (κ3) is 4.61. The molecule has 0 spiro atoms. The van der Waals surface area contributed by atoms with Crippen LogP contribution in [-0.2, 0) is 11.3 Å². The third-order valence-corrected chi connectivity index (χ3v) is 4.04. The van der Waals surface area contributed by atoms with E-state index in [1.165, 1.54) is 5.56 Å². The molecule has 3 nitrogen and oxygen atoms in total. The van der Waals surface area contributed by atoms with E-state index in [9.17, 15) is 0 Å². The molecule has 0 aliphatic rings. The fourth-order valence-corrected chi connectivity index (χ4v) is 2.73. The van der Waals surface area contributed by atoms with Gasteiger partial charge >= 0.3 is 0 Å². The van der Waals surface area contributed by atoms with Crippen molar-refractivity contribution in [2.45, 2.75) is 12.7 Å². The number of methoxy groups -OCH3 is 2. The molecule has 0 heterocycles. The van der Waals surface area contributed by atoms with Crippen LogP contribution in [0.15, 0.2) is 48.5 Å². The zero-order valence-electron chi connectivity index (χ0n) is 12.2. The number of halogens is 1. The summed E-state index contributed by atoms with van der Waals surface area (Å²) in [6.45, 7) is 0.587. The Morgan fingerprint density at radius 1 is 0.857 bits per heavy atom. The summed E-state index contributed by atoms with van der Waals surface area (Å²) in [5.74, 6) is 1.72. The first kappa shape index (κ1) is 16.1. The number of benzene rings is 2. The molecule has 0 aliphatic carbocycles. The number of hydrogen-bond acceptors (Lipinski definition) is 3. The summed E-state index contributed by atoms with van der Waals surface area (Å²) in [6, 6.07) is 16.0. The number of rotatable bonds is 7. The third-order valence-electron chi connectivity index (χ3n) is 3.24. The molecule has 1 unspecified atom stereocenters. The molecular formula is C17H19IO3. The van der Waals surface area contributed by atoms with E-state index in [0.29, 0.717) is 6.61 Å². The maximum Gasteiger partial charge on any atom is 0.118 e. The highest BCUT2D eigenvalue weighted by Gasteiger charge is 2.11. The fraction of sp³-hybridized carbons (Fsp3) is 0.294. The molecule has 0 fully saturated rings. The van der Waals surface area contributed by atoms with E-state index in [-0.39, 0.29) is 6.10 Å². The molecule has 1 atom stereocenters. The van der Waals surface area contributed by atoms with Crippen LogP contribution in [0, 0.1) is 0 Å². The predicted molar refractivity (Wildman–Crippen MR) is 92.4 cm³/mol. The summed E-state index contributed by atoms with van der Waals surface area (Å²) in [7, 11) is 3.34. The molecule has 0 saturated carbocycles. The number of hydrogen-bond donors (Lipinski definition) is 0. The second-order valence-electron chi connectivity index (χ2n) is 4.58. The Morgan fingerprint density at radius 2 is 1.38 bits per heavy atom. The Balaban J connectivity index is 1.97. The van der Waals surface area contributed by atoms with E-state index < -0.39 is 0 Å². The van der Waals surface area contributed by atoms with Crippen LogP contribution in [0.5, 0.6) is 11.5 Å². The highest BCUT2D eigenvalue weighted by molar-refractivity contribution is 14.1. The summed E-state index contributed by atoms with van der Waals surface area (Å²) in [4.78, 5) is 0. The zero-order valence-corrected chi connectivity index (χ0v) is 14.4. The maximum atomic E-state index is 6.02. The molecule has 4 heteroatoms. The standard InChI is InChI=1S/C17H19IO3/c1-19-15-7-3-13(4-8-15)12-21-17(11-18)14-5-9-16(20-2)10-6-14/h3-10,17H,11-12H2,1-2H3. The highest BCUT2D eigenvalue weighted by atomic mass is 127. The van der Waals surface area contributed by atoms with Crippen LogP contribution in [0.3, 0.4) is 0 Å². The molecule has 0 amide bonds. The molecule has 112 valence electrons. The van der Waals surface area contributed by atoms with Gasteiger partial charge in [-0.3, -0.25) is 0 Å². The minimum atomic E-state index is 0.0820. The SMILES string of the molecule is COc1ccc(COC(CI)c2ccc(OC)cc2)cc1. The Kier molecular flexibility index (Phi) is 6.32. The highest BCUT2D eigenvalue weighted by Crippen LogP contribution is 2.24. The van der Waals surface area contributed by atoms with Gasteiger partial charge in [0.25, 0.3) is 0 Å². The molecule has 2 aromatic rings. The van der Waals surface area contributed by atoms with Crippen LogP contribution in [0.25, 0.3) is 0 Å². The van der Waals surface area contributed by atoms with Gasteiger partial charge in [0.05, 0.1) is 26.9 Å². The lowest BCUT2D eigenvalue weighted by Crippen LogP contribution is -2.06. The van der Waals surface area contributed by atoms with Gasteiger partial charge in [0.15, 0.2) is 0 Å². The largest absolute Gasteiger partial charge is 0.497 e. The van der Waals surface area contributed by atoms with E-state index in [0.717, 1.165) is 21.5 Å². The molecular weight excluding hydrogens is 379 g/mol. The molecule has 2 rings (SSSR count). The van der Waals surface area contributed by atoms with Crippen LogP contribution < -0.4 is 9.47 Å². The normalized spacial score (nSPS) is 12.0. The molecule has 0 N–H and O–H groups in total. The molecule has 0 aromatic heterocycles. The Bertz CT molecular complexity index is 537. The fourth-order valence-electron chi connectivity index (χ4n) is 1.97. The Labute approximate surface area is 139 Å². The van der Waals surface area contributed by atoms with Gasteiger partial charge in [0, 0.05) is 4.43 Å². The molecule has 0 radical (unpaired) electrons. The van der Waals surface area contributed by atoms with Crippen molar-refractivity contribution in [3.63, 3.8) is 0 Å². The Hall–Kier alpha value is -1.27. The lowest BCUT2D eigenvalue weighted by atomic mass is 10.1. The van der Waals surface area contributed by atoms with Gasteiger partial charge in [-0.2, -0.15) is 0 Å². The van der Waals surface area contributed by atoms with E-state index in [1.54, 1.807) is 14.2 Å².